The summed E-state index contributed by atoms with van der Waals surface area (Å²) in [6, 6.07) is 9.05. The lowest BCUT2D eigenvalue weighted by Crippen LogP contribution is -2.23. The number of esters is 1. The largest absolute Gasteiger partial charge is 0.462 e. The molecule has 3 heteroatoms. The van der Waals surface area contributed by atoms with Crippen molar-refractivity contribution >= 4 is 5.97 Å². The minimum atomic E-state index is -0.00265. The summed E-state index contributed by atoms with van der Waals surface area (Å²) in [4.78, 5) is 14.1. The van der Waals surface area contributed by atoms with Crippen LogP contribution in [0.15, 0.2) is 24.3 Å². The smallest absolute Gasteiger partial charge is 0.306 e. The molecule has 0 unspecified atom stereocenters. The number of hydrogen-bond donors (Lipinski definition) is 0. The van der Waals surface area contributed by atoms with Gasteiger partial charge in [0.05, 0.1) is 0 Å². The molecule has 0 bridgehead atoms. The molecule has 0 aromatic heterocycles. The molecule has 0 spiro atoms. The molecule has 1 aliphatic rings. The van der Waals surface area contributed by atoms with Crippen LogP contribution < -0.4 is 0 Å². The van der Waals surface area contributed by atoms with Gasteiger partial charge in [0.2, 0.25) is 0 Å². The fourth-order valence-electron chi connectivity index (χ4n) is 3.67. The van der Waals surface area contributed by atoms with Crippen LogP contribution in [0.3, 0.4) is 0 Å². The summed E-state index contributed by atoms with van der Waals surface area (Å²) < 4.78 is 5.68. The van der Waals surface area contributed by atoms with Crippen molar-refractivity contribution < 1.29 is 9.53 Å². The summed E-state index contributed by atoms with van der Waals surface area (Å²) in [5, 5.41) is 0. The Morgan fingerprint density at radius 1 is 1.12 bits per heavy atom. The van der Waals surface area contributed by atoms with Gasteiger partial charge in [0.1, 0.15) is 6.10 Å². The third kappa shape index (κ3) is 7.19. The Labute approximate surface area is 153 Å². The molecule has 0 aliphatic heterocycles. The van der Waals surface area contributed by atoms with E-state index in [-0.39, 0.29) is 12.1 Å². The SMILES string of the molecule is CC(C)CCCC(=O)O[C@H]1CC[C@H](c2ccc(CN(C)C)cc2)CC1. The third-order valence-electron chi connectivity index (χ3n) is 5.08. The van der Waals surface area contributed by atoms with Gasteiger partial charge < -0.3 is 9.64 Å². The zero-order valence-electron chi connectivity index (χ0n) is 16.5. The predicted molar refractivity (Wildman–Crippen MR) is 104 cm³/mol. The molecule has 3 nitrogen and oxygen atoms in total. The monoisotopic (exact) mass is 345 g/mol. The van der Waals surface area contributed by atoms with E-state index in [1.165, 1.54) is 11.1 Å². The summed E-state index contributed by atoms with van der Waals surface area (Å²) in [6.07, 6.45) is 7.01. The summed E-state index contributed by atoms with van der Waals surface area (Å²) >= 11 is 0. The average Bonchev–Trinajstić information content (AvgIpc) is 2.55. The van der Waals surface area contributed by atoms with Crippen molar-refractivity contribution in [1.82, 2.24) is 4.90 Å². The number of carbonyl (C=O) groups is 1. The van der Waals surface area contributed by atoms with Crippen LogP contribution in [0.25, 0.3) is 0 Å². The number of ether oxygens (including phenoxy) is 1. The first-order chi connectivity index (χ1) is 11.9. The van der Waals surface area contributed by atoms with E-state index in [2.05, 4.69) is 57.1 Å². The van der Waals surface area contributed by atoms with Crippen molar-refractivity contribution in [3.8, 4) is 0 Å². The molecule has 0 atom stereocenters. The molecular weight excluding hydrogens is 310 g/mol. The summed E-state index contributed by atoms with van der Waals surface area (Å²) in [5.74, 6) is 1.27. The topological polar surface area (TPSA) is 29.5 Å². The minimum Gasteiger partial charge on any atom is -0.462 e. The molecule has 1 fully saturated rings. The number of carbonyl (C=O) groups excluding carboxylic acids is 1. The first kappa shape index (κ1) is 20.0. The second-order valence-corrected chi connectivity index (χ2v) is 8.23. The van der Waals surface area contributed by atoms with Crippen molar-refractivity contribution in [2.75, 3.05) is 14.1 Å². The molecule has 0 saturated heterocycles. The van der Waals surface area contributed by atoms with Gasteiger partial charge in [-0.3, -0.25) is 4.79 Å². The summed E-state index contributed by atoms with van der Waals surface area (Å²) in [5.41, 5.74) is 2.79. The van der Waals surface area contributed by atoms with E-state index in [1.54, 1.807) is 0 Å². The molecular formula is C22H35NO2. The molecule has 0 heterocycles. The second kappa shape index (κ2) is 9.96. The zero-order valence-corrected chi connectivity index (χ0v) is 16.5. The van der Waals surface area contributed by atoms with Crippen molar-refractivity contribution in [2.24, 2.45) is 5.92 Å². The van der Waals surface area contributed by atoms with Crippen molar-refractivity contribution in [3.63, 3.8) is 0 Å². The molecule has 140 valence electrons. The number of benzene rings is 1. The molecule has 1 saturated carbocycles. The van der Waals surface area contributed by atoms with E-state index in [9.17, 15) is 4.79 Å². The quantitative estimate of drug-likeness (QED) is 0.611. The van der Waals surface area contributed by atoms with Gasteiger partial charge >= 0.3 is 5.97 Å². The first-order valence-electron chi connectivity index (χ1n) is 9.87. The van der Waals surface area contributed by atoms with Gasteiger partial charge in [-0.1, -0.05) is 44.5 Å². The molecule has 1 aliphatic carbocycles. The molecule has 0 N–H and O–H groups in total. The Kier molecular flexibility index (Phi) is 7.95. The van der Waals surface area contributed by atoms with Gasteiger partial charge in [-0.25, -0.2) is 0 Å². The molecule has 0 amide bonds. The van der Waals surface area contributed by atoms with E-state index in [1.807, 2.05) is 0 Å². The van der Waals surface area contributed by atoms with E-state index in [4.69, 9.17) is 4.74 Å². The Morgan fingerprint density at radius 3 is 2.32 bits per heavy atom. The van der Waals surface area contributed by atoms with E-state index in [0.717, 1.165) is 45.1 Å². The minimum absolute atomic E-state index is 0.00265. The van der Waals surface area contributed by atoms with Crippen LogP contribution in [0.4, 0.5) is 0 Å². The zero-order chi connectivity index (χ0) is 18.2. The van der Waals surface area contributed by atoms with Gasteiger partial charge in [0.15, 0.2) is 0 Å². The number of nitrogens with zero attached hydrogens (tertiary/aromatic N) is 1. The Bertz CT molecular complexity index is 513. The number of hydrogen-bond acceptors (Lipinski definition) is 3. The van der Waals surface area contributed by atoms with Gasteiger partial charge in [0.25, 0.3) is 0 Å². The van der Waals surface area contributed by atoms with Gasteiger partial charge in [-0.2, -0.15) is 0 Å². The predicted octanol–water partition coefficient (Wildman–Crippen LogP) is 5.14. The standard InChI is InChI=1S/C22H35NO2/c1-17(2)6-5-7-22(24)25-21-14-12-20(13-15-21)19-10-8-18(9-11-19)16-23(3)4/h8-11,17,20-21H,5-7,12-16H2,1-4H3/t20-,21-. The third-order valence-corrected chi connectivity index (χ3v) is 5.08. The van der Waals surface area contributed by atoms with Crippen molar-refractivity contribution in [3.05, 3.63) is 35.4 Å². The highest BCUT2D eigenvalue weighted by atomic mass is 16.5. The van der Waals surface area contributed by atoms with Crippen LogP contribution in [0.5, 0.6) is 0 Å². The van der Waals surface area contributed by atoms with Gasteiger partial charge in [-0.05, 0) is 69.2 Å². The lowest BCUT2D eigenvalue weighted by Gasteiger charge is -2.28. The van der Waals surface area contributed by atoms with Crippen LogP contribution >= 0.6 is 0 Å². The van der Waals surface area contributed by atoms with E-state index >= 15 is 0 Å². The molecule has 0 radical (unpaired) electrons. The summed E-state index contributed by atoms with van der Waals surface area (Å²) in [7, 11) is 4.19. The highest BCUT2D eigenvalue weighted by Gasteiger charge is 2.24. The highest BCUT2D eigenvalue weighted by Crippen LogP contribution is 2.34. The van der Waals surface area contributed by atoms with Gasteiger partial charge in [0, 0.05) is 13.0 Å². The van der Waals surface area contributed by atoms with Crippen LogP contribution in [-0.4, -0.2) is 31.1 Å². The maximum absolute atomic E-state index is 11.9. The average molecular weight is 346 g/mol. The highest BCUT2D eigenvalue weighted by molar-refractivity contribution is 5.69. The molecule has 1 aromatic carbocycles. The second-order valence-electron chi connectivity index (χ2n) is 8.23. The molecule has 2 rings (SSSR count). The van der Waals surface area contributed by atoms with Crippen molar-refractivity contribution in [2.45, 2.75) is 77.4 Å². The molecule has 1 aromatic rings. The van der Waals surface area contributed by atoms with Crippen LogP contribution in [0.2, 0.25) is 0 Å². The van der Waals surface area contributed by atoms with Crippen LogP contribution in [-0.2, 0) is 16.1 Å². The Morgan fingerprint density at radius 2 is 1.76 bits per heavy atom. The Hall–Kier alpha value is -1.35. The normalized spacial score (nSPS) is 20.9. The van der Waals surface area contributed by atoms with Crippen molar-refractivity contribution in [1.29, 1.82) is 0 Å². The maximum atomic E-state index is 11.9. The lowest BCUT2D eigenvalue weighted by atomic mass is 9.82. The molecule has 25 heavy (non-hydrogen) atoms. The Balaban J connectivity index is 1.73. The van der Waals surface area contributed by atoms with E-state index < -0.39 is 0 Å². The number of rotatable bonds is 8. The van der Waals surface area contributed by atoms with Gasteiger partial charge in [-0.15, -0.1) is 0 Å². The summed E-state index contributed by atoms with van der Waals surface area (Å²) in [6.45, 7) is 5.37. The first-order valence-corrected chi connectivity index (χ1v) is 9.87. The maximum Gasteiger partial charge on any atom is 0.306 e. The van der Waals surface area contributed by atoms with Crippen LogP contribution in [0.1, 0.15) is 75.8 Å². The fourth-order valence-corrected chi connectivity index (χ4v) is 3.67. The lowest BCUT2D eigenvalue weighted by molar-refractivity contribution is -0.150. The van der Waals surface area contributed by atoms with Crippen LogP contribution in [0, 0.1) is 5.92 Å². The van der Waals surface area contributed by atoms with E-state index in [0.29, 0.717) is 18.3 Å². The fraction of sp³-hybridized carbons (Fsp3) is 0.682.